The van der Waals surface area contributed by atoms with E-state index in [0.29, 0.717) is 35.0 Å². The van der Waals surface area contributed by atoms with Gasteiger partial charge in [-0.1, -0.05) is 17.7 Å². The van der Waals surface area contributed by atoms with Crippen LogP contribution in [0.4, 0.5) is 0 Å². The third-order valence-electron chi connectivity index (χ3n) is 5.05. The van der Waals surface area contributed by atoms with Gasteiger partial charge in [0.15, 0.2) is 6.61 Å². The summed E-state index contributed by atoms with van der Waals surface area (Å²) >= 11 is 6.11. The van der Waals surface area contributed by atoms with Crippen LogP contribution in [0.3, 0.4) is 0 Å². The number of rotatable bonds is 10. The van der Waals surface area contributed by atoms with E-state index in [2.05, 4.69) is 15.5 Å². The fourth-order valence-corrected chi connectivity index (χ4v) is 3.60. The number of amides is 1. The highest BCUT2D eigenvalue weighted by Gasteiger charge is 2.12. The van der Waals surface area contributed by atoms with Gasteiger partial charge in [-0.05, 0) is 43.3 Å². The number of carbonyl (C=O) groups is 2. The summed E-state index contributed by atoms with van der Waals surface area (Å²) in [6.45, 7) is 3.32. The summed E-state index contributed by atoms with van der Waals surface area (Å²) in [5.74, 6) is -0.279. The molecule has 1 amide bonds. The predicted molar refractivity (Wildman–Crippen MR) is 127 cm³/mol. The number of esters is 1. The Labute approximate surface area is 201 Å². The van der Waals surface area contributed by atoms with Gasteiger partial charge in [-0.15, -0.1) is 0 Å². The first-order valence-corrected chi connectivity index (χ1v) is 11.2. The number of aromatic nitrogens is 4. The Morgan fingerprint density at radius 3 is 2.76 bits per heavy atom. The molecule has 34 heavy (non-hydrogen) atoms. The van der Waals surface area contributed by atoms with Gasteiger partial charge in [-0.2, -0.15) is 10.2 Å². The maximum absolute atomic E-state index is 12.8. The number of carbonyl (C=O) groups excluding carboxylic acids is 2. The molecule has 9 nitrogen and oxygen atoms in total. The highest BCUT2D eigenvalue weighted by Crippen LogP contribution is 2.23. The zero-order chi connectivity index (χ0) is 23.9. The smallest absolute Gasteiger partial charge is 0.344 e. The molecule has 2 aromatic carbocycles. The fourth-order valence-electron chi connectivity index (χ4n) is 3.40. The maximum Gasteiger partial charge on any atom is 0.344 e. The second-order valence-electron chi connectivity index (χ2n) is 7.46. The first kappa shape index (κ1) is 23.3. The van der Waals surface area contributed by atoms with Crippen LogP contribution in [0.15, 0.2) is 61.1 Å². The Morgan fingerprint density at radius 2 is 1.97 bits per heavy atom. The minimum atomic E-state index is -0.468. The molecule has 1 N–H and O–H groups in total. The Morgan fingerprint density at radius 1 is 1.12 bits per heavy atom. The summed E-state index contributed by atoms with van der Waals surface area (Å²) in [5.41, 5.74) is 1.87. The lowest BCUT2D eigenvalue weighted by molar-refractivity contribution is -0.145. The van der Waals surface area contributed by atoms with Crippen molar-refractivity contribution >= 4 is 34.4 Å². The van der Waals surface area contributed by atoms with Crippen LogP contribution in [-0.2, 0) is 29.2 Å². The minimum Gasteiger partial charge on any atom is -0.482 e. The van der Waals surface area contributed by atoms with Crippen LogP contribution in [0.25, 0.3) is 10.9 Å². The molecule has 0 bridgehead atoms. The molecule has 0 atom stereocenters. The van der Waals surface area contributed by atoms with Gasteiger partial charge in [-0.25, -0.2) is 4.79 Å². The van der Waals surface area contributed by atoms with Crippen molar-refractivity contribution in [2.45, 2.75) is 26.6 Å². The summed E-state index contributed by atoms with van der Waals surface area (Å²) in [6.07, 6.45) is 5.59. The van der Waals surface area contributed by atoms with Gasteiger partial charge in [0.05, 0.1) is 25.2 Å². The number of benzene rings is 2. The second kappa shape index (κ2) is 10.8. The lowest BCUT2D eigenvalue weighted by atomic mass is 10.1. The van der Waals surface area contributed by atoms with Crippen LogP contribution in [0, 0.1) is 0 Å². The van der Waals surface area contributed by atoms with E-state index in [1.807, 2.05) is 33.9 Å². The first-order chi connectivity index (χ1) is 16.5. The SMILES string of the molecule is CCOC(=O)COc1ccc(Cl)cc1CNC(=O)c1ccc2cn(CCn3cccn3)nc2c1. The molecule has 0 spiro atoms. The first-order valence-electron chi connectivity index (χ1n) is 10.8. The number of fused-ring (bicyclic) bond motifs is 1. The second-order valence-corrected chi connectivity index (χ2v) is 7.90. The zero-order valence-corrected chi connectivity index (χ0v) is 19.4. The van der Waals surface area contributed by atoms with Gasteiger partial charge < -0.3 is 14.8 Å². The van der Waals surface area contributed by atoms with Crippen molar-refractivity contribution in [3.63, 3.8) is 0 Å². The molecule has 0 fully saturated rings. The van der Waals surface area contributed by atoms with Crippen LogP contribution in [0.1, 0.15) is 22.8 Å². The number of ether oxygens (including phenoxy) is 2. The molecule has 0 aliphatic carbocycles. The fraction of sp³-hybridized carbons (Fsp3) is 0.250. The Balaban J connectivity index is 1.40. The quantitative estimate of drug-likeness (QED) is 0.348. The monoisotopic (exact) mass is 481 g/mol. The van der Waals surface area contributed by atoms with Gasteiger partial charge >= 0.3 is 5.97 Å². The summed E-state index contributed by atoms with van der Waals surface area (Å²) in [7, 11) is 0. The van der Waals surface area contributed by atoms with Crippen LogP contribution < -0.4 is 10.1 Å². The maximum atomic E-state index is 12.8. The van der Waals surface area contributed by atoms with Gasteiger partial charge in [-0.3, -0.25) is 14.2 Å². The molecule has 176 valence electrons. The molecule has 0 radical (unpaired) electrons. The summed E-state index contributed by atoms with van der Waals surface area (Å²) in [4.78, 5) is 24.4. The van der Waals surface area contributed by atoms with Crippen molar-refractivity contribution in [2.75, 3.05) is 13.2 Å². The molecule has 0 aliphatic rings. The van der Waals surface area contributed by atoms with E-state index in [1.54, 1.807) is 43.5 Å². The summed E-state index contributed by atoms with van der Waals surface area (Å²) in [5, 5.41) is 13.1. The van der Waals surface area contributed by atoms with E-state index >= 15 is 0 Å². The molecule has 10 heteroatoms. The van der Waals surface area contributed by atoms with E-state index in [9.17, 15) is 9.59 Å². The van der Waals surface area contributed by atoms with Crippen molar-refractivity contribution in [1.29, 1.82) is 0 Å². The minimum absolute atomic E-state index is 0.175. The highest BCUT2D eigenvalue weighted by atomic mass is 35.5. The average Bonchev–Trinajstić information content (AvgIpc) is 3.49. The number of halogens is 1. The van der Waals surface area contributed by atoms with Crippen LogP contribution in [0.2, 0.25) is 5.02 Å². The predicted octanol–water partition coefficient (Wildman–Crippen LogP) is 3.46. The lowest BCUT2D eigenvalue weighted by Gasteiger charge is -2.12. The lowest BCUT2D eigenvalue weighted by Crippen LogP contribution is -2.23. The molecule has 2 aromatic heterocycles. The Kier molecular flexibility index (Phi) is 7.44. The molecule has 0 unspecified atom stereocenters. The Bertz CT molecular complexity index is 1290. The van der Waals surface area contributed by atoms with Gasteiger partial charge in [0.2, 0.25) is 0 Å². The summed E-state index contributed by atoms with van der Waals surface area (Å²) < 4.78 is 14.1. The number of hydrogen-bond acceptors (Lipinski definition) is 6. The van der Waals surface area contributed by atoms with Crippen molar-refractivity contribution in [3.05, 3.63) is 77.2 Å². The van der Waals surface area contributed by atoms with E-state index in [0.717, 1.165) is 10.9 Å². The molecule has 4 rings (SSSR count). The van der Waals surface area contributed by atoms with Gasteiger partial charge in [0, 0.05) is 46.7 Å². The van der Waals surface area contributed by atoms with E-state index in [4.69, 9.17) is 21.1 Å². The average molecular weight is 482 g/mol. The van der Waals surface area contributed by atoms with Gasteiger partial charge in [0.25, 0.3) is 5.91 Å². The zero-order valence-electron chi connectivity index (χ0n) is 18.6. The Hall–Kier alpha value is -3.85. The van der Waals surface area contributed by atoms with Crippen molar-refractivity contribution in [2.24, 2.45) is 0 Å². The van der Waals surface area contributed by atoms with E-state index in [1.165, 1.54) is 0 Å². The molecule has 0 aliphatic heterocycles. The van der Waals surface area contributed by atoms with Crippen LogP contribution in [0.5, 0.6) is 5.75 Å². The van der Waals surface area contributed by atoms with Crippen molar-refractivity contribution in [3.8, 4) is 5.75 Å². The molecule has 2 heterocycles. The topological polar surface area (TPSA) is 100 Å². The van der Waals surface area contributed by atoms with Crippen LogP contribution in [-0.4, -0.2) is 44.7 Å². The van der Waals surface area contributed by atoms with Gasteiger partial charge in [0.1, 0.15) is 5.75 Å². The highest BCUT2D eigenvalue weighted by molar-refractivity contribution is 6.30. The molecular weight excluding hydrogens is 458 g/mol. The van der Waals surface area contributed by atoms with E-state index in [-0.39, 0.29) is 25.7 Å². The normalized spacial score (nSPS) is 10.9. The van der Waals surface area contributed by atoms with Crippen molar-refractivity contribution < 1.29 is 19.1 Å². The third kappa shape index (κ3) is 5.93. The largest absolute Gasteiger partial charge is 0.482 e. The molecule has 0 saturated heterocycles. The van der Waals surface area contributed by atoms with Crippen LogP contribution >= 0.6 is 11.6 Å². The van der Waals surface area contributed by atoms with Crippen molar-refractivity contribution in [1.82, 2.24) is 24.9 Å². The molecular formula is C24H24ClN5O4. The molecule has 0 saturated carbocycles. The number of nitrogens with zero attached hydrogens (tertiary/aromatic N) is 4. The number of hydrogen-bond donors (Lipinski definition) is 1. The third-order valence-corrected chi connectivity index (χ3v) is 5.28. The molecule has 4 aromatic rings. The summed E-state index contributed by atoms with van der Waals surface area (Å²) in [6, 6.07) is 12.3. The standard InChI is InChI=1S/C24H24ClN5O4/c1-2-33-23(31)16-34-22-7-6-20(25)12-19(22)14-26-24(32)17-4-5-18-15-30(28-21(18)13-17)11-10-29-9-3-8-27-29/h3-9,12-13,15H,2,10-11,14,16H2,1H3,(H,26,32). The van der Waals surface area contributed by atoms with E-state index < -0.39 is 5.97 Å². The number of nitrogens with one attached hydrogen (secondary N) is 1. The number of aryl methyl sites for hydroxylation is 2.